The zero-order valence-corrected chi connectivity index (χ0v) is 13.2. The van der Waals surface area contributed by atoms with E-state index >= 15 is 0 Å². The van der Waals surface area contributed by atoms with E-state index in [-0.39, 0.29) is 0 Å². The summed E-state index contributed by atoms with van der Waals surface area (Å²) in [5, 5.41) is 0. The van der Waals surface area contributed by atoms with Crippen LogP contribution in [0.15, 0.2) is 39.1 Å². The molecule has 5 heteroatoms. The molecule has 0 saturated carbocycles. The molecule has 1 aliphatic heterocycles. The Morgan fingerprint density at radius 1 is 1.05 bits per heavy atom. The van der Waals surface area contributed by atoms with Crippen molar-refractivity contribution in [1.82, 2.24) is 4.90 Å². The van der Waals surface area contributed by atoms with Crippen LogP contribution in [0.4, 0.5) is 0 Å². The molecule has 0 N–H and O–H groups in total. The number of hydrogen-bond acceptors (Lipinski definition) is 3. The zero-order chi connectivity index (χ0) is 14.9. The quantitative estimate of drug-likeness (QED) is 0.842. The lowest BCUT2D eigenvalue weighted by atomic mass is 10.0. The Hall–Kier alpha value is -1.62. The third-order valence-corrected chi connectivity index (χ3v) is 5.06. The van der Waals surface area contributed by atoms with Crippen molar-refractivity contribution in [3.05, 3.63) is 35.4 Å². The van der Waals surface area contributed by atoms with E-state index in [9.17, 15) is 8.42 Å². The Labute approximate surface area is 120 Å². The third-order valence-electron chi connectivity index (χ3n) is 3.74. The number of hydrogen-bond donors (Lipinski definition) is 0. The average molecular weight is 292 g/mol. The molecule has 108 valence electrons. The summed E-state index contributed by atoms with van der Waals surface area (Å²) in [4.78, 5) is 2.27. The number of likely N-dealkylation sites (N-methyl/N-ethyl adjacent to an activating group) is 1. The van der Waals surface area contributed by atoms with Crippen molar-refractivity contribution >= 4 is 21.4 Å². The van der Waals surface area contributed by atoms with Crippen molar-refractivity contribution in [1.29, 1.82) is 0 Å². The van der Waals surface area contributed by atoms with Crippen LogP contribution in [0.5, 0.6) is 0 Å². The summed E-state index contributed by atoms with van der Waals surface area (Å²) < 4.78 is 29.1. The number of benzene rings is 1. The topological polar surface area (TPSA) is 49.7 Å². The Bertz CT molecular complexity index is 684. The van der Waals surface area contributed by atoms with Gasteiger partial charge in [-0.3, -0.25) is 0 Å². The summed E-state index contributed by atoms with van der Waals surface area (Å²) in [7, 11) is -3.65. The number of amidine groups is 1. The van der Waals surface area contributed by atoms with E-state index in [2.05, 4.69) is 4.40 Å². The molecule has 1 aromatic carbocycles. The molecule has 1 aromatic rings. The fraction of sp³-hybridized carbons (Fsp3) is 0.400. The average Bonchev–Trinajstić information content (AvgIpc) is 2.51. The summed E-state index contributed by atoms with van der Waals surface area (Å²) in [6.45, 7) is 9.34. The third kappa shape index (κ3) is 2.38. The molecule has 0 aliphatic carbocycles. The van der Waals surface area contributed by atoms with Crippen LogP contribution in [-0.4, -0.2) is 32.2 Å². The minimum Gasteiger partial charge on any atom is -0.356 e. The molecule has 0 spiro atoms. The van der Waals surface area contributed by atoms with E-state index in [0.717, 1.165) is 29.8 Å². The number of sulfonamides is 1. The largest absolute Gasteiger partial charge is 0.356 e. The molecule has 0 aromatic heterocycles. The van der Waals surface area contributed by atoms with Crippen molar-refractivity contribution in [2.24, 2.45) is 4.40 Å². The van der Waals surface area contributed by atoms with Gasteiger partial charge >= 0.3 is 0 Å². The van der Waals surface area contributed by atoms with Crippen LogP contribution in [0.2, 0.25) is 0 Å². The molecule has 0 amide bonds. The highest BCUT2D eigenvalue weighted by molar-refractivity contribution is 7.90. The first-order chi connectivity index (χ1) is 9.42. The van der Waals surface area contributed by atoms with Crippen LogP contribution in [0, 0.1) is 0 Å². The second kappa shape index (κ2) is 5.40. The summed E-state index contributed by atoms with van der Waals surface area (Å²) in [5.41, 5.74) is 2.63. The maximum Gasteiger partial charge on any atom is 0.284 e. The first kappa shape index (κ1) is 14.8. The predicted octanol–water partition coefficient (Wildman–Crippen LogP) is 2.92. The second-order valence-electron chi connectivity index (χ2n) is 4.81. The van der Waals surface area contributed by atoms with Gasteiger partial charge in [0.1, 0.15) is 5.84 Å². The standard InChI is InChI=1S/C15H20N2O2S/c1-5-17(6-2)15-12(4)11(3)13-9-7-8-10-14(13)20(18,19)16-15/h7-10H,5-6H2,1-4H3. The molecule has 0 atom stereocenters. The van der Waals surface area contributed by atoms with Gasteiger partial charge in [-0.1, -0.05) is 18.2 Å². The van der Waals surface area contributed by atoms with Crippen LogP contribution >= 0.6 is 0 Å². The van der Waals surface area contributed by atoms with Gasteiger partial charge in [-0.15, -0.1) is 4.40 Å². The van der Waals surface area contributed by atoms with Gasteiger partial charge in [-0.05, 0) is 50.5 Å². The van der Waals surface area contributed by atoms with Crippen LogP contribution < -0.4 is 0 Å². The van der Waals surface area contributed by atoms with E-state index in [1.54, 1.807) is 12.1 Å². The van der Waals surface area contributed by atoms with Gasteiger partial charge in [-0.25, -0.2) is 0 Å². The lowest BCUT2D eigenvalue weighted by Crippen LogP contribution is -2.32. The van der Waals surface area contributed by atoms with E-state index in [0.29, 0.717) is 10.7 Å². The first-order valence-corrected chi connectivity index (χ1v) is 8.23. The summed E-state index contributed by atoms with van der Waals surface area (Å²) >= 11 is 0. The molecule has 20 heavy (non-hydrogen) atoms. The molecule has 4 nitrogen and oxygen atoms in total. The molecular formula is C15H20N2O2S. The van der Waals surface area contributed by atoms with Crippen molar-refractivity contribution in [3.8, 4) is 0 Å². The first-order valence-electron chi connectivity index (χ1n) is 6.79. The predicted molar refractivity (Wildman–Crippen MR) is 82.3 cm³/mol. The maximum atomic E-state index is 12.5. The second-order valence-corrected chi connectivity index (χ2v) is 6.38. The highest BCUT2D eigenvalue weighted by Gasteiger charge is 2.26. The highest BCUT2D eigenvalue weighted by atomic mass is 32.2. The van der Waals surface area contributed by atoms with E-state index in [4.69, 9.17) is 0 Å². The van der Waals surface area contributed by atoms with Gasteiger partial charge < -0.3 is 4.90 Å². The Balaban J connectivity index is 2.77. The Morgan fingerprint density at radius 2 is 1.65 bits per heavy atom. The van der Waals surface area contributed by atoms with Crippen molar-refractivity contribution in [2.45, 2.75) is 32.6 Å². The van der Waals surface area contributed by atoms with Gasteiger partial charge in [0.15, 0.2) is 0 Å². The van der Waals surface area contributed by atoms with Crippen molar-refractivity contribution in [3.63, 3.8) is 0 Å². The SMILES string of the molecule is CCN(CC)C1=NS(=O)(=O)c2ccccc2C(C)=C1C. The van der Waals surface area contributed by atoms with E-state index in [1.807, 2.05) is 44.7 Å². The van der Waals surface area contributed by atoms with Gasteiger partial charge in [-0.2, -0.15) is 8.42 Å². The number of nitrogens with zero attached hydrogens (tertiary/aromatic N) is 2. The Kier molecular flexibility index (Phi) is 3.99. The molecule has 0 fully saturated rings. The molecular weight excluding hydrogens is 272 g/mol. The van der Waals surface area contributed by atoms with Crippen LogP contribution in [0.25, 0.3) is 5.57 Å². The number of allylic oxidation sites excluding steroid dienone is 1. The molecule has 0 bridgehead atoms. The minimum absolute atomic E-state index is 0.291. The monoisotopic (exact) mass is 292 g/mol. The van der Waals surface area contributed by atoms with Crippen molar-refractivity contribution < 1.29 is 8.42 Å². The smallest absolute Gasteiger partial charge is 0.284 e. The lowest BCUT2D eigenvalue weighted by Gasteiger charge is -2.23. The Morgan fingerprint density at radius 3 is 2.25 bits per heavy atom. The molecule has 0 saturated heterocycles. The molecule has 1 heterocycles. The van der Waals surface area contributed by atoms with Crippen molar-refractivity contribution in [2.75, 3.05) is 13.1 Å². The van der Waals surface area contributed by atoms with Crippen LogP contribution in [0.1, 0.15) is 33.3 Å². The van der Waals surface area contributed by atoms with Gasteiger partial charge in [0.25, 0.3) is 10.0 Å². The maximum absolute atomic E-state index is 12.5. The minimum atomic E-state index is -3.65. The van der Waals surface area contributed by atoms with Gasteiger partial charge in [0.2, 0.25) is 0 Å². The molecule has 0 unspecified atom stereocenters. The van der Waals surface area contributed by atoms with E-state index in [1.165, 1.54) is 0 Å². The fourth-order valence-electron chi connectivity index (χ4n) is 2.42. The molecule has 1 aliphatic rings. The normalized spacial score (nSPS) is 17.3. The molecule has 0 radical (unpaired) electrons. The van der Waals surface area contributed by atoms with Gasteiger partial charge in [0, 0.05) is 13.1 Å². The molecule has 2 rings (SSSR count). The number of fused-ring (bicyclic) bond motifs is 1. The van der Waals surface area contributed by atoms with E-state index < -0.39 is 10.0 Å². The summed E-state index contributed by atoms with van der Waals surface area (Å²) in [5.74, 6) is 0.559. The zero-order valence-electron chi connectivity index (χ0n) is 12.3. The summed E-state index contributed by atoms with van der Waals surface area (Å²) in [6.07, 6.45) is 0. The van der Waals surface area contributed by atoms with Crippen LogP contribution in [0.3, 0.4) is 0 Å². The van der Waals surface area contributed by atoms with Gasteiger partial charge in [0.05, 0.1) is 4.90 Å². The lowest BCUT2D eigenvalue weighted by molar-refractivity contribution is 0.466. The summed E-state index contributed by atoms with van der Waals surface area (Å²) in [6, 6.07) is 7.05. The van der Waals surface area contributed by atoms with Crippen LogP contribution in [-0.2, 0) is 10.0 Å². The fourth-order valence-corrected chi connectivity index (χ4v) is 3.75. The highest BCUT2D eigenvalue weighted by Crippen LogP contribution is 2.31. The number of rotatable bonds is 2.